The lowest BCUT2D eigenvalue weighted by Crippen LogP contribution is -2.15. The number of rotatable bonds is 7. The highest BCUT2D eigenvalue weighted by Gasteiger charge is 2.29. The number of aryl methyl sites for hydroxylation is 1. The van der Waals surface area contributed by atoms with Crippen molar-refractivity contribution in [3.05, 3.63) is 83.3 Å². The fourth-order valence-corrected chi connectivity index (χ4v) is 4.16. The van der Waals surface area contributed by atoms with E-state index in [4.69, 9.17) is 9.26 Å². The molecular weight excluding hydrogens is 456 g/mol. The first-order valence-corrected chi connectivity index (χ1v) is 11.8. The molecule has 9 heteroatoms. The summed E-state index contributed by atoms with van der Waals surface area (Å²) in [5.41, 5.74) is 5.25. The van der Waals surface area contributed by atoms with Gasteiger partial charge in [-0.2, -0.15) is 0 Å². The number of pyridine rings is 1. The summed E-state index contributed by atoms with van der Waals surface area (Å²) >= 11 is 0. The van der Waals surface area contributed by atoms with E-state index in [1.54, 1.807) is 18.1 Å². The molecule has 1 N–H and O–H groups in total. The molecular formula is C27H24N6O3. The number of carbonyl (C=O) groups excluding carboxylic acids is 1. The van der Waals surface area contributed by atoms with Crippen molar-refractivity contribution in [2.75, 3.05) is 12.4 Å². The molecule has 1 saturated carbocycles. The number of anilines is 1. The first-order valence-electron chi connectivity index (χ1n) is 11.8. The zero-order valence-corrected chi connectivity index (χ0v) is 19.9. The lowest BCUT2D eigenvalue weighted by Gasteiger charge is -2.07. The maximum Gasteiger partial charge on any atom is 0.259 e. The van der Waals surface area contributed by atoms with E-state index in [9.17, 15) is 4.79 Å². The number of methoxy groups -OCH3 is 1. The molecule has 0 aliphatic heterocycles. The maximum atomic E-state index is 13.5. The molecule has 0 unspecified atom stereocenters. The van der Waals surface area contributed by atoms with Crippen molar-refractivity contribution in [3.8, 4) is 17.0 Å². The quantitative estimate of drug-likeness (QED) is 0.350. The van der Waals surface area contributed by atoms with Crippen LogP contribution in [0.5, 0.6) is 5.75 Å². The number of ether oxygens (including phenoxy) is 1. The molecule has 1 aliphatic carbocycles. The third-order valence-electron chi connectivity index (χ3n) is 6.30. The minimum absolute atomic E-state index is 0.229. The average Bonchev–Trinajstić information content (AvgIpc) is 3.52. The van der Waals surface area contributed by atoms with Crippen molar-refractivity contribution in [1.29, 1.82) is 0 Å². The fraction of sp³-hybridized carbons (Fsp3) is 0.222. The summed E-state index contributed by atoms with van der Waals surface area (Å²) in [6.07, 6.45) is 3.70. The maximum absolute atomic E-state index is 13.5. The van der Waals surface area contributed by atoms with Gasteiger partial charge in [-0.25, -0.2) is 14.6 Å². The van der Waals surface area contributed by atoms with Crippen LogP contribution in [0.2, 0.25) is 0 Å². The highest BCUT2D eigenvalue weighted by molar-refractivity contribution is 6.14. The van der Waals surface area contributed by atoms with Crippen LogP contribution in [0.3, 0.4) is 0 Å². The van der Waals surface area contributed by atoms with Gasteiger partial charge < -0.3 is 9.26 Å². The highest BCUT2D eigenvalue weighted by atomic mass is 16.5. The molecule has 1 amide bonds. The van der Waals surface area contributed by atoms with E-state index in [1.165, 1.54) is 5.56 Å². The Kier molecular flexibility index (Phi) is 5.44. The van der Waals surface area contributed by atoms with Crippen LogP contribution in [0.1, 0.15) is 45.9 Å². The first-order chi connectivity index (χ1) is 17.6. The Hall–Kier alpha value is -4.53. The number of amides is 1. The average molecular weight is 481 g/mol. The van der Waals surface area contributed by atoms with Crippen molar-refractivity contribution in [2.45, 2.75) is 32.2 Å². The molecule has 5 aromatic rings. The molecule has 3 aromatic heterocycles. The van der Waals surface area contributed by atoms with Crippen molar-refractivity contribution < 1.29 is 14.1 Å². The van der Waals surface area contributed by atoms with Crippen LogP contribution in [0.15, 0.2) is 65.4 Å². The predicted molar refractivity (Wildman–Crippen MR) is 134 cm³/mol. The molecule has 36 heavy (non-hydrogen) atoms. The predicted octanol–water partition coefficient (Wildman–Crippen LogP) is 4.98. The van der Waals surface area contributed by atoms with Crippen molar-refractivity contribution >= 4 is 23.0 Å². The standard InChI is InChI=1S/C27H24N6O3/c1-16-3-5-17(6-4-16)14-33-15-28-27(31-33)30-25(34)21-13-22(18-7-8-18)29-26-23(21)24(32-36-26)19-9-11-20(35-2)12-10-19/h3-6,9-13,15,18H,7-8,14H2,1-2H3,(H,30,31,34). The first kappa shape index (κ1) is 22.0. The second kappa shape index (κ2) is 8.92. The number of fused-ring (bicyclic) bond motifs is 1. The second-order valence-electron chi connectivity index (χ2n) is 9.01. The molecule has 1 aliphatic rings. The fourth-order valence-electron chi connectivity index (χ4n) is 4.16. The molecule has 3 heterocycles. The normalized spacial score (nSPS) is 13.2. The summed E-state index contributed by atoms with van der Waals surface area (Å²) in [6.45, 7) is 2.61. The summed E-state index contributed by atoms with van der Waals surface area (Å²) in [6, 6.07) is 17.5. The number of hydrogen-bond donors (Lipinski definition) is 1. The van der Waals surface area contributed by atoms with E-state index in [0.717, 1.165) is 35.4 Å². The van der Waals surface area contributed by atoms with Crippen molar-refractivity contribution in [2.24, 2.45) is 0 Å². The lowest BCUT2D eigenvalue weighted by atomic mass is 10.0. The van der Waals surface area contributed by atoms with Crippen LogP contribution in [0, 0.1) is 6.92 Å². The van der Waals surface area contributed by atoms with Gasteiger partial charge in [-0.1, -0.05) is 35.0 Å². The van der Waals surface area contributed by atoms with Gasteiger partial charge in [0.2, 0.25) is 5.95 Å². The number of aromatic nitrogens is 5. The summed E-state index contributed by atoms with van der Waals surface area (Å²) in [7, 11) is 1.61. The second-order valence-corrected chi connectivity index (χ2v) is 9.01. The Balaban J connectivity index is 1.32. The molecule has 180 valence electrons. The SMILES string of the molecule is COc1ccc(-c2noc3nc(C4CC4)cc(C(=O)Nc4ncn(Cc5ccc(C)cc5)n4)c23)cc1. The van der Waals surface area contributed by atoms with Gasteiger partial charge in [0.1, 0.15) is 17.8 Å². The van der Waals surface area contributed by atoms with Crippen LogP contribution >= 0.6 is 0 Å². The zero-order chi connectivity index (χ0) is 24.6. The van der Waals surface area contributed by atoms with E-state index in [1.807, 2.05) is 37.3 Å². The van der Waals surface area contributed by atoms with Gasteiger partial charge in [-0.3, -0.25) is 10.1 Å². The molecule has 0 radical (unpaired) electrons. The molecule has 0 bridgehead atoms. The Bertz CT molecular complexity index is 1550. The van der Waals surface area contributed by atoms with Gasteiger partial charge in [0.15, 0.2) is 0 Å². The van der Waals surface area contributed by atoms with Gasteiger partial charge >= 0.3 is 0 Å². The van der Waals surface area contributed by atoms with Crippen LogP contribution in [0.4, 0.5) is 5.95 Å². The Morgan fingerprint density at radius 1 is 1.14 bits per heavy atom. The number of nitrogens with zero attached hydrogens (tertiary/aromatic N) is 5. The van der Waals surface area contributed by atoms with Gasteiger partial charge in [0.05, 0.1) is 24.6 Å². The van der Waals surface area contributed by atoms with E-state index in [2.05, 4.69) is 49.8 Å². The number of hydrogen-bond acceptors (Lipinski definition) is 7. The van der Waals surface area contributed by atoms with E-state index >= 15 is 0 Å². The van der Waals surface area contributed by atoms with Gasteiger partial charge in [0, 0.05) is 17.2 Å². The van der Waals surface area contributed by atoms with Crippen LogP contribution in [-0.2, 0) is 6.54 Å². The summed E-state index contributed by atoms with van der Waals surface area (Å²) in [5.74, 6) is 0.955. The molecule has 0 saturated heterocycles. The highest BCUT2D eigenvalue weighted by Crippen LogP contribution is 2.41. The third-order valence-corrected chi connectivity index (χ3v) is 6.30. The molecule has 2 aromatic carbocycles. The minimum atomic E-state index is -0.338. The van der Waals surface area contributed by atoms with Gasteiger partial charge in [-0.05, 0) is 55.7 Å². The molecule has 0 atom stereocenters. The lowest BCUT2D eigenvalue weighted by molar-refractivity contribution is 0.102. The van der Waals surface area contributed by atoms with Crippen molar-refractivity contribution in [3.63, 3.8) is 0 Å². The van der Waals surface area contributed by atoms with E-state index < -0.39 is 0 Å². The topological polar surface area (TPSA) is 108 Å². The van der Waals surface area contributed by atoms with Gasteiger partial charge in [0.25, 0.3) is 11.6 Å². The smallest absolute Gasteiger partial charge is 0.259 e. The molecule has 9 nitrogen and oxygen atoms in total. The third kappa shape index (κ3) is 4.31. The summed E-state index contributed by atoms with van der Waals surface area (Å²) < 4.78 is 12.5. The molecule has 0 spiro atoms. The van der Waals surface area contributed by atoms with Crippen LogP contribution in [-0.4, -0.2) is 37.9 Å². The summed E-state index contributed by atoms with van der Waals surface area (Å²) in [5, 5.41) is 12.1. The molecule has 1 fully saturated rings. The monoisotopic (exact) mass is 480 g/mol. The number of nitrogens with one attached hydrogen (secondary N) is 1. The zero-order valence-electron chi connectivity index (χ0n) is 19.9. The van der Waals surface area contributed by atoms with Crippen LogP contribution in [0.25, 0.3) is 22.4 Å². The largest absolute Gasteiger partial charge is 0.497 e. The van der Waals surface area contributed by atoms with Crippen LogP contribution < -0.4 is 10.1 Å². The Labute approximate surface area is 207 Å². The van der Waals surface area contributed by atoms with E-state index in [0.29, 0.717) is 34.8 Å². The Morgan fingerprint density at radius 2 is 1.92 bits per heavy atom. The number of carbonyl (C=O) groups is 1. The Morgan fingerprint density at radius 3 is 2.64 bits per heavy atom. The van der Waals surface area contributed by atoms with Crippen molar-refractivity contribution in [1.82, 2.24) is 24.9 Å². The summed E-state index contributed by atoms with van der Waals surface area (Å²) in [4.78, 5) is 22.4. The number of benzene rings is 2. The van der Waals surface area contributed by atoms with E-state index in [-0.39, 0.29) is 11.9 Å². The minimum Gasteiger partial charge on any atom is -0.497 e. The molecule has 6 rings (SSSR count). The van der Waals surface area contributed by atoms with Gasteiger partial charge in [-0.15, -0.1) is 5.10 Å².